The van der Waals surface area contributed by atoms with E-state index in [0.717, 1.165) is 16.9 Å². The molecule has 4 aromatic rings. The van der Waals surface area contributed by atoms with Gasteiger partial charge < -0.3 is 19.9 Å². The molecule has 2 aromatic carbocycles. The molecule has 0 radical (unpaired) electrons. The van der Waals surface area contributed by atoms with Crippen molar-refractivity contribution in [2.75, 3.05) is 17.2 Å². The molecule has 0 aliphatic carbocycles. The molecule has 0 spiro atoms. The van der Waals surface area contributed by atoms with E-state index in [-0.39, 0.29) is 6.03 Å². The van der Waals surface area contributed by atoms with Crippen LogP contribution in [-0.4, -0.2) is 27.8 Å². The van der Waals surface area contributed by atoms with Crippen LogP contribution in [0.1, 0.15) is 18.4 Å². The third-order valence-electron chi connectivity index (χ3n) is 4.44. The van der Waals surface area contributed by atoms with Crippen LogP contribution >= 0.6 is 0 Å². The van der Waals surface area contributed by atoms with Gasteiger partial charge in [0.25, 0.3) is 0 Å². The van der Waals surface area contributed by atoms with Crippen molar-refractivity contribution < 1.29 is 14.1 Å². The Morgan fingerprint density at radius 3 is 2.55 bits per heavy atom. The fourth-order valence-electron chi connectivity index (χ4n) is 2.99. The largest absolute Gasteiger partial charge is 0.494 e. The van der Waals surface area contributed by atoms with Gasteiger partial charge in [0.05, 0.1) is 13.0 Å². The SMILES string of the molecule is CCOc1ccc(NC(=O)Nc2ccccc2Cc2nc(-c3ccncc3)no2)cc1. The van der Waals surface area contributed by atoms with Crippen LogP contribution in [0.25, 0.3) is 11.4 Å². The number of carbonyl (C=O) groups excluding carboxylic acids is 1. The summed E-state index contributed by atoms with van der Waals surface area (Å²) in [5.74, 6) is 1.70. The number of benzene rings is 2. The van der Waals surface area contributed by atoms with Crippen molar-refractivity contribution in [3.05, 3.63) is 84.5 Å². The average molecular weight is 415 g/mol. The molecule has 2 aromatic heterocycles. The van der Waals surface area contributed by atoms with Gasteiger partial charge in [-0.2, -0.15) is 4.98 Å². The number of aromatic nitrogens is 3. The number of carbonyl (C=O) groups is 1. The van der Waals surface area contributed by atoms with Gasteiger partial charge in [-0.3, -0.25) is 4.98 Å². The van der Waals surface area contributed by atoms with E-state index in [0.29, 0.717) is 36.1 Å². The first-order valence-electron chi connectivity index (χ1n) is 9.83. The number of urea groups is 1. The minimum atomic E-state index is -0.348. The molecule has 2 N–H and O–H groups in total. The van der Waals surface area contributed by atoms with Gasteiger partial charge in [-0.05, 0) is 55.0 Å². The van der Waals surface area contributed by atoms with Crippen molar-refractivity contribution in [2.45, 2.75) is 13.3 Å². The predicted molar refractivity (Wildman–Crippen MR) is 117 cm³/mol. The van der Waals surface area contributed by atoms with Crippen molar-refractivity contribution in [3.8, 4) is 17.1 Å². The maximum Gasteiger partial charge on any atom is 0.323 e. The van der Waals surface area contributed by atoms with Crippen LogP contribution in [0.4, 0.5) is 16.2 Å². The van der Waals surface area contributed by atoms with Crippen LogP contribution in [0.3, 0.4) is 0 Å². The van der Waals surface area contributed by atoms with Crippen LogP contribution in [-0.2, 0) is 6.42 Å². The topological polar surface area (TPSA) is 102 Å². The van der Waals surface area contributed by atoms with Crippen molar-refractivity contribution in [1.82, 2.24) is 15.1 Å². The number of hydrogen-bond donors (Lipinski definition) is 2. The number of anilines is 2. The molecule has 0 fully saturated rings. The summed E-state index contributed by atoms with van der Waals surface area (Å²) in [6.07, 6.45) is 3.73. The summed E-state index contributed by atoms with van der Waals surface area (Å²) < 4.78 is 10.8. The van der Waals surface area contributed by atoms with Gasteiger partial charge in [-0.15, -0.1) is 0 Å². The predicted octanol–water partition coefficient (Wildman–Crippen LogP) is 4.77. The first kappa shape index (κ1) is 20.1. The first-order valence-corrected chi connectivity index (χ1v) is 9.83. The summed E-state index contributed by atoms with van der Waals surface area (Å²) in [7, 11) is 0. The molecule has 0 saturated heterocycles. The monoisotopic (exact) mass is 415 g/mol. The highest BCUT2D eigenvalue weighted by Gasteiger charge is 2.13. The molecule has 2 heterocycles. The number of pyridine rings is 1. The lowest BCUT2D eigenvalue weighted by Crippen LogP contribution is -2.20. The van der Waals surface area contributed by atoms with E-state index in [1.807, 2.05) is 55.5 Å². The Morgan fingerprint density at radius 2 is 1.77 bits per heavy atom. The molecule has 8 heteroatoms. The van der Waals surface area contributed by atoms with Gasteiger partial charge in [0.15, 0.2) is 0 Å². The maximum absolute atomic E-state index is 12.5. The van der Waals surface area contributed by atoms with Crippen molar-refractivity contribution >= 4 is 17.4 Å². The quantitative estimate of drug-likeness (QED) is 0.451. The fourth-order valence-corrected chi connectivity index (χ4v) is 2.99. The third kappa shape index (κ3) is 5.24. The summed E-state index contributed by atoms with van der Waals surface area (Å²) in [5, 5.41) is 9.72. The van der Waals surface area contributed by atoms with Crippen LogP contribution < -0.4 is 15.4 Å². The number of para-hydroxylation sites is 1. The number of rotatable bonds is 7. The first-order chi connectivity index (χ1) is 15.2. The van der Waals surface area contributed by atoms with Gasteiger partial charge in [0, 0.05) is 29.3 Å². The van der Waals surface area contributed by atoms with Crippen molar-refractivity contribution in [1.29, 1.82) is 0 Å². The Labute approximate surface area is 179 Å². The second kappa shape index (κ2) is 9.53. The molecular weight excluding hydrogens is 394 g/mol. The molecule has 0 atom stereocenters. The van der Waals surface area contributed by atoms with E-state index in [2.05, 4.69) is 25.8 Å². The van der Waals surface area contributed by atoms with Crippen LogP contribution in [0, 0.1) is 0 Å². The molecule has 0 aliphatic heterocycles. The van der Waals surface area contributed by atoms with E-state index in [4.69, 9.17) is 9.26 Å². The second-order valence-corrected chi connectivity index (χ2v) is 6.62. The summed E-state index contributed by atoms with van der Waals surface area (Å²) in [6, 6.07) is 18.0. The molecule has 2 amide bonds. The molecule has 156 valence electrons. The number of nitrogens with one attached hydrogen (secondary N) is 2. The van der Waals surface area contributed by atoms with Crippen LogP contribution in [0.15, 0.2) is 77.6 Å². The van der Waals surface area contributed by atoms with E-state index in [1.54, 1.807) is 24.5 Å². The number of hydrogen-bond acceptors (Lipinski definition) is 6. The average Bonchev–Trinajstić information content (AvgIpc) is 3.26. The zero-order valence-electron chi connectivity index (χ0n) is 16.9. The molecule has 31 heavy (non-hydrogen) atoms. The zero-order chi connectivity index (χ0) is 21.5. The van der Waals surface area contributed by atoms with Gasteiger partial charge >= 0.3 is 6.03 Å². The van der Waals surface area contributed by atoms with Gasteiger partial charge in [-0.1, -0.05) is 23.4 Å². The molecule has 0 aliphatic rings. The molecule has 0 unspecified atom stereocenters. The van der Waals surface area contributed by atoms with Gasteiger partial charge in [0.2, 0.25) is 11.7 Å². The Hall–Kier alpha value is -4.20. The normalized spacial score (nSPS) is 10.5. The van der Waals surface area contributed by atoms with Gasteiger partial charge in [0.1, 0.15) is 5.75 Å². The van der Waals surface area contributed by atoms with Crippen molar-refractivity contribution in [3.63, 3.8) is 0 Å². The Kier molecular flexibility index (Phi) is 6.18. The second-order valence-electron chi connectivity index (χ2n) is 6.62. The van der Waals surface area contributed by atoms with E-state index >= 15 is 0 Å². The highest BCUT2D eigenvalue weighted by Crippen LogP contribution is 2.21. The Bertz CT molecular complexity index is 1140. The van der Waals surface area contributed by atoms with Crippen molar-refractivity contribution in [2.24, 2.45) is 0 Å². The minimum Gasteiger partial charge on any atom is -0.494 e. The smallest absolute Gasteiger partial charge is 0.323 e. The Morgan fingerprint density at radius 1 is 1.00 bits per heavy atom. The maximum atomic E-state index is 12.5. The van der Waals surface area contributed by atoms with Gasteiger partial charge in [-0.25, -0.2) is 4.79 Å². The summed E-state index contributed by atoms with van der Waals surface area (Å²) in [4.78, 5) is 20.9. The molecule has 0 saturated carbocycles. The molecule has 8 nitrogen and oxygen atoms in total. The summed E-state index contributed by atoms with van der Waals surface area (Å²) in [6.45, 7) is 2.51. The number of ether oxygens (including phenoxy) is 1. The molecule has 0 bridgehead atoms. The highest BCUT2D eigenvalue weighted by molar-refractivity contribution is 6.00. The highest BCUT2D eigenvalue weighted by atomic mass is 16.5. The van der Waals surface area contributed by atoms with Crippen LogP contribution in [0.5, 0.6) is 5.75 Å². The lowest BCUT2D eigenvalue weighted by Gasteiger charge is -2.11. The lowest BCUT2D eigenvalue weighted by atomic mass is 10.1. The number of amides is 2. The van der Waals surface area contributed by atoms with Crippen LogP contribution in [0.2, 0.25) is 0 Å². The third-order valence-corrected chi connectivity index (χ3v) is 4.44. The Balaban J connectivity index is 1.42. The number of nitrogens with zero attached hydrogens (tertiary/aromatic N) is 3. The lowest BCUT2D eigenvalue weighted by molar-refractivity contribution is 0.262. The minimum absolute atomic E-state index is 0.348. The standard InChI is InChI=1S/C23H21N5O3/c1-2-30-19-9-7-18(8-10-19)25-23(29)26-20-6-4-3-5-17(20)15-21-27-22(28-31-21)16-11-13-24-14-12-16/h3-14H,2,15H2,1H3,(H2,25,26,29). The van der Waals surface area contributed by atoms with E-state index in [9.17, 15) is 4.79 Å². The summed E-state index contributed by atoms with van der Waals surface area (Å²) >= 11 is 0. The summed E-state index contributed by atoms with van der Waals surface area (Å²) in [5.41, 5.74) is 3.01. The fraction of sp³-hybridized carbons (Fsp3) is 0.130. The van der Waals surface area contributed by atoms with E-state index in [1.165, 1.54) is 0 Å². The molecular formula is C23H21N5O3. The zero-order valence-corrected chi connectivity index (χ0v) is 16.9. The molecule has 4 rings (SSSR count). The van der Waals surface area contributed by atoms with E-state index < -0.39 is 0 Å².